The average molecular weight is 260 g/mol. The van der Waals surface area contributed by atoms with Crippen molar-refractivity contribution in [2.24, 2.45) is 11.8 Å². The molecule has 0 saturated heterocycles. The highest BCUT2D eigenvalue weighted by molar-refractivity contribution is 5.11. The van der Waals surface area contributed by atoms with E-state index >= 15 is 0 Å². The van der Waals surface area contributed by atoms with Crippen LogP contribution in [0.1, 0.15) is 59.8 Å². The molecule has 0 N–H and O–H groups in total. The van der Waals surface area contributed by atoms with Gasteiger partial charge in [-0.15, -0.1) is 0 Å². The van der Waals surface area contributed by atoms with Crippen LogP contribution < -0.4 is 0 Å². The van der Waals surface area contributed by atoms with Crippen molar-refractivity contribution >= 4 is 13.6 Å². The molecule has 0 aromatic rings. The largest absolute Gasteiger partial charge is 0.382 e. The minimum atomic E-state index is 0.832. The van der Waals surface area contributed by atoms with Crippen molar-refractivity contribution in [1.82, 2.24) is 0 Å². The maximum Gasteiger partial charge on any atom is 0.106 e. The van der Waals surface area contributed by atoms with Gasteiger partial charge >= 0.3 is 0 Å². The van der Waals surface area contributed by atoms with E-state index in [1.54, 1.807) is 0 Å². The molecule has 18 heavy (non-hydrogen) atoms. The van der Waals surface area contributed by atoms with E-state index in [1.165, 1.54) is 32.1 Å². The highest BCUT2D eigenvalue weighted by atomic mass is 16.5. The third-order valence-corrected chi connectivity index (χ3v) is 3.18. The summed E-state index contributed by atoms with van der Waals surface area (Å²) in [5.41, 5.74) is 0. The molecule has 2 atom stereocenters. The molecule has 0 aliphatic heterocycles. The minimum Gasteiger partial charge on any atom is -0.382 e. The van der Waals surface area contributed by atoms with Crippen molar-refractivity contribution in [3.8, 4) is 0 Å². The van der Waals surface area contributed by atoms with Gasteiger partial charge in [-0.2, -0.15) is 0 Å². The van der Waals surface area contributed by atoms with Crippen molar-refractivity contribution in [1.29, 1.82) is 0 Å². The highest BCUT2D eigenvalue weighted by Gasteiger charge is 2.14. The molecule has 2 unspecified atom stereocenters. The quantitative estimate of drug-likeness (QED) is 0.591. The summed E-state index contributed by atoms with van der Waals surface area (Å²) in [5.74, 6) is 1.74. The van der Waals surface area contributed by atoms with E-state index in [0.29, 0.717) is 0 Å². The first-order chi connectivity index (χ1) is 8.76. The zero-order valence-electron chi connectivity index (χ0n) is 12.7. The van der Waals surface area contributed by atoms with Gasteiger partial charge in [-0.25, -0.2) is 0 Å². The lowest BCUT2D eigenvalue weighted by molar-refractivity contribution is -0.0987. The molecule has 0 fully saturated rings. The molecule has 0 radical (unpaired) electrons. The Hall–Kier alpha value is -0.700. The van der Waals surface area contributed by atoms with Crippen LogP contribution >= 0.6 is 0 Å². The molecule has 0 aromatic heterocycles. The van der Waals surface area contributed by atoms with Crippen LogP contribution in [-0.4, -0.2) is 26.8 Å². The molecule has 0 aliphatic carbocycles. The van der Waals surface area contributed by atoms with Crippen LogP contribution in [-0.2, 0) is 14.3 Å². The van der Waals surface area contributed by atoms with Crippen LogP contribution in [0.25, 0.3) is 0 Å². The summed E-state index contributed by atoms with van der Waals surface area (Å²) in [7, 11) is 0. The van der Waals surface area contributed by atoms with E-state index in [-0.39, 0.29) is 0 Å². The summed E-state index contributed by atoms with van der Waals surface area (Å²) >= 11 is 0. The summed E-state index contributed by atoms with van der Waals surface area (Å²) in [5, 5.41) is 0. The van der Waals surface area contributed by atoms with Gasteiger partial charge in [0.1, 0.15) is 13.6 Å². The second-order valence-corrected chi connectivity index (χ2v) is 4.27. The first kappa shape index (κ1) is 22.5. The van der Waals surface area contributed by atoms with Crippen LogP contribution in [0.15, 0.2) is 0 Å². The molecule has 110 valence electrons. The minimum absolute atomic E-state index is 0.832. The number of rotatable bonds is 9. The summed E-state index contributed by atoms with van der Waals surface area (Å²) in [6.07, 6.45) is 6.68. The van der Waals surface area contributed by atoms with Crippen LogP contribution in [0.4, 0.5) is 0 Å². The van der Waals surface area contributed by atoms with E-state index < -0.39 is 0 Å². The Bertz CT molecular complexity index is 138. The molecule has 0 rings (SSSR count). The topological polar surface area (TPSA) is 43.4 Å². The lowest BCUT2D eigenvalue weighted by Gasteiger charge is -2.22. The van der Waals surface area contributed by atoms with Gasteiger partial charge in [-0.3, -0.25) is 0 Å². The third kappa shape index (κ3) is 15.3. The van der Waals surface area contributed by atoms with Gasteiger partial charge in [-0.05, 0) is 25.2 Å². The molecular formula is C15H32O3. The Labute approximate surface area is 113 Å². The molecule has 0 saturated carbocycles. The second-order valence-electron chi connectivity index (χ2n) is 4.27. The number of unbranched alkanes of at least 4 members (excludes halogenated alkanes) is 1. The average Bonchev–Trinajstić information content (AvgIpc) is 2.44. The monoisotopic (exact) mass is 260 g/mol. The maximum atomic E-state index is 8.00. The summed E-state index contributed by atoms with van der Waals surface area (Å²) in [4.78, 5) is 16.0. The number of hydrogen-bond donors (Lipinski definition) is 0. The molecular weight excluding hydrogens is 228 g/mol. The number of carbonyl (C=O) groups excluding carboxylic acids is 2. The molecule has 0 spiro atoms. The zero-order chi connectivity index (χ0) is 14.8. The fraction of sp³-hybridized carbons (Fsp3) is 0.867. The van der Waals surface area contributed by atoms with Crippen molar-refractivity contribution in [2.45, 2.75) is 59.8 Å². The predicted octanol–water partition coefficient (Wildman–Crippen LogP) is 3.90. The lowest BCUT2D eigenvalue weighted by Crippen LogP contribution is -2.13. The van der Waals surface area contributed by atoms with Gasteiger partial charge < -0.3 is 14.3 Å². The van der Waals surface area contributed by atoms with Crippen LogP contribution in [0, 0.1) is 11.8 Å². The molecule has 0 heterocycles. The van der Waals surface area contributed by atoms with Gasteiger partial charge in [0.05, 0.1) is 0 Å². The molecule has 3 nitrogen and oxygen atoms in total. The maximum absolute atomic E-state index is 8.00. The van der Waals surface area contributed by atoms with Gasteiger partial charge in [0.25, 0.3) is 0 Å². The lowest BCUT2D eigenvalue weighted by atomic mass is 9.85. The Balaban J connectivity index is -0.000000506. The van der Waals surface area contributed by atoms with Gasteiger partial charge in [0.15, 0.2) is 0 Å². The predicted molar refractivity (Wildman–Crippen MR) is 77.8 cm³/mol. The SMILES string of the molecule is C=O.C=O.CCCCC(CC)C(C)CCOCC. The van der Waals surface area contributed by atoms with E-state index in [0.717, 1.165) is 25.0 Å². The summed E-state index contributed by atoms with van der Waals surface area (Å²) in [6, 6.07) is 0. The molecule has 0 aromatic carbocycles. The molecule has 0 bridgehead atoms. The number of ether oxygens (including phenoxy) is 1. The number of carbonyl (C=O) groups is 2. The van der Waals surface area contributed by atoms with E-state index in [4.69, 9.17) is 14.3 Å². The van der Waals surface area contributed by atoms with Gasteiger partial charge in [-0.1, -0.05) is 46.5 Å². The van der Waals surface area contributed by atoms with Crippen molar-refractivity contribution in [2.75, 3.05) is 13.2 Å². The first-order valence-electron chi connectivity index (χ1n) is 6.91. The Morgan fingerprint density at radius 1 is 1.00 bits per heavy atom. The standard InChI is InChI=1S/C13H28O.2CH2O/c1-5-8-9-13(6-2)12(4)10-11-14-7-3;2*1-2/h12-13H,5-11H2,1-4H3;2*1H2. The van der Waals surface area contributed by atoms with Gasteiger partial charge in [0.2, 0.25) is 0 Å². The van der Waals surface area contributed by atoms with E-state index in [1.807, 2.05) is 13.6 Å². The Morgan fingerprint density at radius 2 is 1.56 bits per heavy atom. The van der Waals surface area contributed by atoms with Crippen molar-refractivity contribution in [3.05, 3.63) is 0 Å². The van der Waals surface area contributed by atoms with Crippen LogP contribution in [0.5, 0.6) is 0 Å². The fourth-order valence-corrected chi connectivity index (χ4v) is 2.01. The van der Waals surface area contributed by atoms with Crippen molar-refractivity contribution < 1.29 is 14.3 Å². The van der Waals surface area contributed by atoms with Crippen molar-refractivity contribution in [3.63, 3.8) is 0 Å². The number of hydrogen-bond acceptors (Lipinski definition) is 3. The molecule has 3 heteroatoms. The third-order valence-electron chi connectivity index (χ3n) is 3.18. The smallest absolute Gasteiger partial charge is 0.106 e. The zero-order valence-corrected chi connectivity index (χ0v) is 12.7. The highest BCUT2D eigenvalue weighted by Crippen LogP contribution is 2.24. The van der Waals surface area contributed by atoms with E-state index in [9.17, 15) is 0 Å². The first-order valence-corrected chi connectivity index (χ1v) is 6.91. The molecule has 0 aliphatic rings. The van der Waals surface area contributed by atoms with Crippen LogP contribution in [0.3, 0.4) is 0 Å². The van der Waals surface area contributed by atoms with Crippen LogP contribution in [0.2, 0.25) is 0 Å². The fourth-order valence-electron chi connectivity index (χ4n) is 2.01. The second kappa shape index (κ2) is 21.6. The Kier molecular flexibility index (Phi) is 26.9. The Morgan fingerprint density at radius 3 is 1.94 bits per heavy atom. The normalized spacial score (nSPS) is 12.4. The molecule has 0 amide bonds. The van der Waals surface area contributed by atoms with E-state index in [2.05, 4.69) is 27.7 Å². The van der Waals surface area contributed by atoms with Gasteiger partial charge in [0, 0.05) is 13.2 Å². The summed E-state index contributed by atoms with van der Waals surface area (Å²) in [6.45, 7) is 14.8. The summed E-state index contributed by atoms with van der Waals surface area (Å²) < 4.78 is 5.40.